The molecular formula is C19H17NO3S. The Morgan fingerprint density at radius 3 is 2.62 bits per heavy atom. The van der Waals surface area contributed by atoms with Gasteiger partial charge in [-0.15, -0.1) is 11.8 Å². The van der Waals surface area contributed by atoms with Gasteiger partial charge in [0.2, 0.25) is 0 Å². The summed E-state index contributed by atoms with van der Waals surface area (Å²) >= 11 is 1.56. The number of carbonyl (C=O) groups excluding carboxylic acids is 2. The number of para-hydroxylation sites is 1. The third-order valence-electron chi connectivity index (χ3n) is 3.99. The summed E-state index contributed by atoms with van der Waals surface area (Å²) in [6.45, 7) is 1.90. The Hall–Kier alpha value is -2.53. The van der Waals surface area contributed by atoms with Crippen LogP contribution in [-0.4, -0.2) is 25.2 Å². The fourth-order valence-corrected chi connectivity index (χ4v) is 3.46. The Bertz CT molecular complexity index is 857. The minimum absolute atomic E-state index is 0.125. The summed E-state index contributed by atoms with van der Waals surface area (Å²) in [7, 11) is 1.33. The number of rotatable bonds is 3. The molecular weight excluding hydrogens is 322 g/mol. The number of fused-ring (bicyclic) bond motifs is 1. The van der Waals surface area contributed by atoms with Gasteiger partial charge in [0.15, 0.2) is 0 Å². The van der Waals surface area contributed by atoms with Crippen LogP contribution in [0.2, 0.25) is 0 Å². The minimum Gasteiger partial charge on any atom is -0.466 e. The van der Waals surface area contributed by atoms with Crippen molar-refractivity contribution in [3.05, 3.63) is 65.2 Å². The number of ether oxygens (including phenoxy) is 1. The van der Waals surface area contributed by atoms with E-state index in [1.54, 1.807) is 16.7 Å². The van der Waals surface area contributed by atoms with Crippen molar-refractivity contribution >= 4 is 35.0 Å². The van der Waals surface area contributed by atoms with Gasteiger partial charge >= 0.3 is 5.97 Å². The predicted octanol–water partition coefficient (Wildman–Crippen LogP) is 3.89. The van der Waals surface area contributed by atoms with Crippen LogP contribution in [0.1, 0.15) is 21.5 Å². The number of thioether (sulfide) groups is 1. The largest absolute Gasteiger partial charge is 0.466 e. The highest BCUT2D eigenvalue weighted by molar-refractivity contribution is 7.98. The van der Waals surface area contributed by atoms with Crippen molar-refractivity contribution in [3.8, 4) is 0 Å². The summed E-state index contributed by atoms with van der Waals surface area (Å²) in [6, 6.07) is 13.3. The lowest BCUT2D eigenvalue weighted by molar-refractivity contribution is -0.134. The molecule has 5 heteroatoms. The zero-order chi connectivity index (χ0) is 17.3. The summed E-state index contributed by atoms with van der Waals surface area (Å²) < 4.78 is 4.77. The summed E-state index contributed by atoms with van der Waals surface area (Å²) in [5, 5.41) is 0. The maximum absolute atomic E-state index is 13.1. The van der Waals surface area contributed by atoms with Crippen LogP contribution < -0.4 is 4.90 Å². The first-order valence-corrected chi connectivity index (χ1v) is 8.68. The number of aryl methyl sites for hydroxylation is 1. The third kappa shape index (κ3) is 2.61. The molecule has 0 bridgehead atoms. The van der Waals surface area contributed by atoms with E-state index in [1.165, 1.54) is 13.2 Å². The summed E-state index contributed by atoms with van der Waals surface area (Å²) in [6.07, 6.45) is 3.34. The minimum atomic E-state index is -0.487. The molecule has 0 radical (unpaired) electrons. The van der Waals surface area contributed by atoms with Crippen LogP contribution >= 0.6 is 11.8 Å². The van der Waals surface area contributed by atoms with E-state index >= 15 is 0 Å². The standard InChI is InChI=1S/C19H17NO3S/c1-12-7-6-8-13-15(11-17(21)23-2)20(19(22)18(12)13)14-9-4-5-10-16(14)24-3/h4-11H,1-3H3/b15-11+. The second-order valence-electron chi connectivity index (χ2n) is 5.36. The number of hydrogen-bond donors (Lipinski definition) is 0. The fourth-order valence-electron chi connectivity index (χ4n) is 2.87. The van der Waals surface area contributed by atoms with Gasteiger partial charge in [-0.3, -0.25) is 9.69 Å². The molecule has 0 atom stereocenters. The number of anilines is 1. The molecule has 0 aliphatic carbocycles. The van der Waals surface area contributed by atoms with Gasteiger partial charge in [0.05, 0.1) is 24.1 Å². The topological polar surface area (TPSA) is 46.6 Å². The van der Waals surface area contributed by atoms with Crippen LogP contribution in [0.4, 0.5) is 5.69 Å². The van der Waals surface area contributed by atoms with E-state index in [0.29, 0.717) is 11.3 Å². The van der Waals surface area contributed by atoms with Crippen LogP contribution in [0.15, 0.2) is 53.4 Å². The van der Waals surface area contributed by atoms with Crippen molar-refractivity contribution in [2.75, 3.05) is 18.3 Å². The molecule has 0 spiro atoms. The lowest BCUT2D eigenvalue weighted by Gasteiger charge is -2.21. The number of amides is 1. The molecule has 3 rings (SSSR count). The van der Waals surface area contributed by atoms with Gasteiger partial charge in [-0.05, 0) is 30.9 Å². The smallest absolute Gasteiger partial charge is 0.332 e. The van der Waals surface area contributed by atoms with Crippen molar-refractivity contribution < 1.29 is 14.3 Å². The van der Waals surface area contributed by atoms with Gasteiger partial charge in [-0.25, -0.2) is 4.79 Å². The van der Waals surface area contributed by atoms with E-state index in [4.69, 9.17) is 4.74 Å². The first-order valence-electron chi connectivity index (χ1n) is 7.45. The van der Waals surface area contributed by atoms with Crippen molar-refractivity contribution in [2.45, 2.75) is 11.8 Å². The van der Waals surface area contributed by atoms with Gasteiger partial charge in [-0.1, -0.05) is 30.3 Å². The number of hydrogen-bond acceptors (Lipinski definition) is 4. The second-order valence-corrected chi connectivity index (χ2v) is 6.21. The Kier molecular flexibility index (Phi) is 4.44. The fraction of sp³-hybridized carbons (Fsp3) is 0.158. The Balaban J connectivity index is 2.25. The van der Waals surface area contributed by atoms with Crippen LogP contribution in [0.3, 0.4) is 0 Å². The first-order chi connectivity index (χ1) is 11.6. The zero-order valence-corrected chi connectivity index (χ0v) is 14.5. The summed E-state index contributed by atoms with van der Waals surface area (Å²) in [5.74, 6) is -0.612. The van der Waals surface area contributed by atoms with Gasteiger partial charge in [-0.2, -0.15) is 0 Å². The molecule has 1 heterocycles. The normalized spacial score (nSPS) is 14.9. The molecule has 0 saturated heterocycles. The number of methoxy groups -OCH3 is 1. The maximum atomic E-state index is 13.1. The van der Waals surface area contributed by atoms with Crippen LogP contribution in [-0.2, 0) is 9.53 Å². The van der Waals surface area contributed by atoms with Crippen molar-refractivity contribution in [1.29, 1.82) is 0 Å². The average molecular weight is 339 g/mol. The van der Waals surface area contributed by atoms with E-state index in [9.17, 15) is 9.59 Å². The first kappa shape index (κ1) is 16.3. The molecule has 0 unspecified atom stereocenters. The van der Waals surface area contributed by atoms with Gasteiger partial charge in [0, 0.05) is 16.5 Å². The molecule has 0 saturated carbocycles. The highest BCUT2D eigenvalue weighted by Crippen LogP contribution is 2.41. The van der Waals surface area contributed by atoms with Crippen LogP contribution in [0.5, 0.6) is 0 Å². The van der Waals surface area contributed by atoms with Gasteiger partial charge in [0.25, 0.3) is 5.91 Å². The van der Waals surface area contributed by atoms with E-state index in [0.717, 1.165) is 21.7 Å². The molecule has 0 N–H and O–H groups in total. The molecule has 2 aromatic carbocycles. The summed E-state index contributed by atoms with van der Waals surface area (Å²) in [4.78, 5) is 27.5. The number of carbonyl (C=O) groups is 2. The maximum Gasteiger partial charge on any atom is 0.332 e. The van der Waals surface area contributed by atoms with E-state index in [2.05, 4.69) is 0 Å². The van der Waals surface area contributed by atoms with Crippen LogP contribution in [0, 0.1) is 6.92 Å². The summed E-state index contributed by atoms with van der Waals surface area (Å²) in [5.41, 5.74) is 3.58. The molecule has 4 nitrogen and oxygen atoms in total. The molecule has 2 aromatic rings. The number of nitrogens with zero attached hydrogens (tertiary/aromatic N) is 1. The van der Waals surface area contributed by atoms with E-state index in [-0.39, 0.29) is 5.91 Å². The molecule has 1 amide bonds. The molecule has 1 aliphatic rings. The van der Waals surface area contributed by atoms with Crippen molar-refractivity contribution in [1.82, 2.24) is 0 Å². The number of esters is 1. The second kappa shape index (κ2) is 6.53. The number of benzene rings is 2. The molecule has 0 fully saturated rings. The van der Waals surface area contributed by atoms with Gasteiger partial charge < -0.3 is 4.74 Å². The van der Waals surface area contributed by atoms with Crippen molar-refractivity contribution in [3.63, 3.8) is 0 Å². The zero-order valence-electron chi connectivity index (χ0n) is 13.7. The Labute approximate surface area is 145 Å². The Morgan fingerprint density at radius 1 is 1.17 bits per heavy atom. The van der Waals surface area contributed by atoms with Crippen LogP contribution in [0.25, 0.3) is 5.70 Å². The lowest BCUT2D eigenvalue weighted by atomic mass is 10.0. The lowest BCUT2D eigenvalue weighted by Crippen LogP contribution is -2.24. The highest BCUT2D eigenvalue weighted by Gasteiger charge is 2.36. The van der Waals surface area contributed by atoms with E-state index < -0.39 is 5.97 Å². The third-order valence-corrected chi connectivity index (χ3v) is 4.77. The Morgan fingerprint density at radius 2 is 1.92 bits per heavy atom. The molecule has 24 heavy (non-hydrogen) atoms. The highest BCUT2D eigenvalue weighted by atomic mass is 32.2. The van der Waals surface area contributed by atoms with E-state index in [1.807, 2.05) is 55.6 Å². The van der Waals surface area contributed by atoms with Crippen molar-refractivity contribution in [2.24, 2.45) is 0 Å². The SMILES string of the molecule is COC(=O)/C=C1\c2cccc(C)c2C(=O)N1c1ccccc1SC. The quantitative estimate of drug-likeness (QED) is 0.483. The predicted molar refractivity (Wildman–Crippen MR) is 96.2 cm³/mol. The monoisotopic (exact) mass is 339 g/mol. The molecule has 0 aromatic heterocycles. The molecule has 1 aliphatic heterocycles. The molecule has 122 valence electrons. The average Bonchev–Trinajstić information content (AvgIpc) is 2.88. The van der Waals surface area contributed by atoms with Gasteiger partial charge in [0.1, 0.15) is 0 Å².